The third-order valence-electron chi connectivity index (χ3n) is 4.46. The Bertz CT molecular complexity index is 763. The van der Waals surface area contributed by atoms with Crippen LogP contribution in [0.15, 0.2) is 24.3 Å². The number of aryl methyl sites for hydroxylation is 1. The molecule has 0 spiro atoms. The van der Waals surface area contributed by atoms with Gasteiger partial charge in [-0.3, -0.25) is 13.9 Å². The first-order valence-electron chi connectivity index (χ1n) is 8.71. The van der Waals surface area contributed by atoms with E-state index in [9.17, 15) is 18.0 Å². The largest absolute Gasteiger partial charge is 0.466 e. The van der Waals surface area contributed by atoms with E-state index in [1.807, 2.05) is 6.07 Å². The summed E-state index contributed by atoms with van der Waals surface area (Å²) in [6, 6.07) is 7.04. The van der Waals surface area contributed by atoms with Crippen LogP contribution in [0.4, 0.5) is 5.69 Å². The molecule has 8 heteroatoms. The van der Waals surface area contributed by atoms with Crippen LogP contribution in [-0.4, -0.2) is 57.7 Å². The molecule has 0 radical (unpaired) electrons. The molecule has 0 N–H and O–H groups in total. The molecule has 144 valence electrons. The van der Waals surface area contributed by atoms with Crippen LogP contribution in [0.3, 0.4) is 0 Å². The highest BCUT2D eigenvalue weighted by atomic mass is 32.2. The quantitative estimate of drug-likeness (QED) is 0.697. The third kappa shape index (κ3) is 4.97. The van der Waals surface area contributed by atoms with E-state index in [-0.39, 0.29) is 30.9 Å². The summed E-state index contributed by atoms with van der Waals surface area (Å²) in [6.45, 7) is 4.35. The number of carbonyl (C=O) groups excluding carboxylic acids is 2. The number of likely N-dealkylation sites (tertiary alicyclic amines) is 1. The number of benzene rings is 1. The molecule has 1 aromatic carbocycles. The van der Waals surface area contributed by atoms with Crippen LogP contribution in [0.5, 0.6) is 0 Å². The molecule has 1 aliphatic heterocycles. The minimum atomic E-state index is -3.62. The van der Waals surface area contributed by atoms with Crippen molar-refractivity contribution >= 4 is 27.6 Å². The maximum Gasteiger partial charge on any atom is 0.310 e. The maximum atomic E-state index is 12.7. The summed E-state index contributed by atoms with van der Waals surface area (Å²) in [5.41, 5.74) is 1.26. The number of para-hydroxylation sites is 1. The molecular weight excluding hydrogens is 356 g/mol. The third-order valence-corrected chi connectivity index (χ3v) is 5.58. The molecule has 1 saturated heterocycles. The highest BCUT2D eigenvalue weighted by Gasteiger charge is 2.31. The van der Waals surface area contributed by atoms with E-state index in [0.29, 0.717) is 31.7 Å². The van der Waals surface area contributed by atoms with Gasteiger partial charge in [-0.05, 0) is 38.3 Å². The normalized spacial score (nSPS) is 17.7. The molecule has 26 heavy (non-hydrogen) atoms. The Labute approximate surface area is 155 Å². The van der Waals surface area contributed by atoms with Crippen molar-refractivity contribution in [2.75, 3.05) is 36.8 Å². The summed E-state index contributed by atoms with van der Waals surface area (Å²) < 4.78 is 30.7. The number of nitrogens with zero attached hydrogens (tertiary/aromatic N) is 2. The number of hydrogen-bond donors (Lipinski definition) is 0. The Morgan fingerprint density at radius 2 is 2.00 bits per heavy atom. The van der Waals surface area contributed by atoms with Crippen LogP contribution in [-0.2, 0) is 24.3 Å². The van der Waals surface area contributed by atoms with Crippen molar-refractivity contribution in [2.24, 2.45) is 5.92 Å². The summed E-state index contributed by atoms with van der Waals surface area (Å²) in [6.07, 6.45) is 2.46. The van der Waals surface area contributed by atoms with Gasteiger partial charge in [0.05, 0.1) is 24.5 Å². The molecule has 1 heterocycles. The van der Waals surface area contributed by atoms with Crippen LogP contribution in [0.2, 0.25) is 0 Å². The summed E-state index contributed by atoms with van der Waals surface area (Å²) in [5.74, 6) is -0.964. The Kier molecular flexibility index (Phi) is 6.63. The Morgan fingerprint density at radius 3 is 2.62 bits per heavy atom. The number of hydrogen-bond acceptors (Lipinski definition) is 5. The van der Waals surface area contributed by atoms with Crippen molar-refractivity contribution in [3.8, 4) is 0 Å². The first-order chi connectivity index (χ1) is 12.2. The van der Waals surface area contributed by atoms with Gasteiger partial charge in [-0.1, -0.05) is 18.2 Å². The van der Waals surface area contributed by atoms with Gasteiger partial charge in [0.25, 0.3) is 0 Å². The summed E-state index contributed by atoms with van der Waals surface area (Å²) >= 11 is 0. The van der Waals surface area contributed by atoms with E-state index in [0.717, 1.165) is 16.1 Å². The minimum absolute atomic E-state index is 0.267. The summed E-state index contributed by atoms with van der Waals surface area (Å²) in [5, 5.41) is 0. The molecule has 0 aromatic heterocycles. The van der Waals surface area contributed by atoms with E-state index in [1.54, 1.807) is 36.9 Å². The zero-order valence-electron chi connectivity index (χ0n) is 15.5. The second-order valence-corrected chi connectivity index (χ2v) is 8.39. The van der Waals surface area contributed by atoms with E-state index in [1.165, 1.54) is 0 Å². The predicted molar refractivity (Wildman–Crippen MR) is 99.3 cm³/mol. The van der Waals surface area contributed by atoms with Gasteiger partial charge in [0, 0.05) is 13.1 Å². The molecule has 1 amide bonds. The average Bonchev–Trinajstić information content (AvgIpc) is 2.59. The zero-order valence-corrected chi connectivity index (χ0v) is 16.3. The highest BCUT2D eigenvalue weighted by Crippen LogP contribution is 2.23. The minimum Gasteiger partial charge on any atom is -0.466 e. The van der Waals surface area contributed by atoms with Crippen LogP contribution in [0.1, 0.15) is 25.3 Å². The standard InChI is InChI=1S/C18H26N2O5S/c1-4-25-18(22)15-9-7-11-19(12-15)17(21)13-20(26(3,23)24)16-10-6-5-8-14(16)2/h5-6,8,10,15H,4,7,9,11-13H2,1-3H3. The summed E-state index contributed by atoms with van der Waals surface area (Å²) in [4.78, 5) is 26.2. The van der Waals surface area contributed by atoms with Crippen molar-refractivity contribution < 1.29 is 22.7 Å². The van der Waals surface area contributed by atoms with Gasteiger partial charge in [0.1, 0.15) is 6.54 Å². The Balaban J connectivity index is 2.15. The SMILES string of the molecule is CCOC(=O)C1CCCN(C(=O)CN(c2ccccc2C)S(C)(=O)=O)C1. The zero-order chi connectivity index (χ0) is 19.3. The number of anilines is 1. The fourth-order valence-corrected chi connectivity index (χ4v) is 4.01. The van der Waals surface area contributed by atoms with Crippen LogP contribution in [0.25, 0.3) is 0 Å². The van der Waals surface area contributed by atoms with Crippen molar-refractivity contribution in [1.82, 2.24) is 4.90 Å². The lowest BCUT2D eigenvalue weighted by atomic mass is 9.98. The van der Waals surface area contributed by atoms with Gasteiger partial charge >= 0.3 is 5.97 Å². The number of carbonyl (C=O) groups is 2. The molecule has 1 atom stereocenters. The average molecular weight is 382 g/mol. The fraction of sp³-hybridized carbons (Fsp3) is 0.556. The molecule has 1 unspecified atom stereocenters. The van der Waals surface area contributed by atoms with Gasteiger partial charge < -0.3 is 9.64 Å². The molecule has 1 aromatic rings. The van der Waals surface area contributed by atoms with Gasteiger partial charge in [-0.15, -0.1) is 0 Å². The summed E-state index contributed by atoms with van der Waals surface area (Å²) in [7, 11) is -3.62. The smallest absolute Gasteiger partial charge is 0.310 e. The van der Waals surface area contributed by atoms with E-state index < -0.39 is 10.0 Å². The Hall–Kier alpha value is -2.09. The second kappa shape index (κ2) is 8.53. The molecule has 7 nitrogen and oxygen atoms in total. The van der Waals surface area contributed by atoms with E-state index in [2.05, 4.69) is 0 Å². The van der Waals surface area contributed by atoms with Crippen LogP contribution >= 0.6 is 0 Å². The van der Waals surface area contributed by atoms with Gasteiger partial charge in [-0.2, -0.15) is 0 Å². The molecule has 1 aliphatic rings. The predicted octanol–water partition coefficient (Wildman–Crippen LogP) is 1.56. The molecule has 1 fully saturated rings. The lowest BCUT2D eigenvalue weighted by Crippen LogP contribution is -2.48. The topological polar surface area (TPSA) is 84.0 Å². The molecule has 0 bridgehead atoms. The highest BCUT2D eigenvalue weighted by molar-refractivity contribution is 7.92. The van der Waals surface area contributed by atoms with E-state index in [4.69, 9.17) is 4.74 Å². The van der Waals surface area contributed by atoms with Crippen molar-refractivity contribution in [1.29, 1.82) is 0 Å². The van der Waals surface area contributed by atoms with Crippen molar-refractivity contribution in [2.45, 2.75) is 26.7 Å². The number of ether oxygens (including phenoxy) is 1. The van der Waals surface area contributed by atoms with E-state index >= 15 is 0 Å². The van der Waals surface area contributed by atoms with Gasteiger partial charge in [0.2, 0.25) is 15.9 Å². The lowest BCUT2D eigenvalue weighted by Gasteiger charge is -2.33. The Morgan fingerprint density at radius 1 is 1.31 bits per heavy atom. The molecule has 0 aliphatic carbocycles. The van der Waals surface area contributed by atoms with Crippen molar-refractivity contribution in [3.63, 3.8) is 0 Å². The second-order valence-electron chi connectivity index (χ2n) is 6.49. The number of esters is 1. The van der Waals surface area contributed by atoms with Crippen molar-refractivity contribution in [3.05, 3.63) is 29.8 Å². The van der Waals surface area contributed by atoms with Crippen LogP contribution < -0.4 is 4.31 Å². The van der Waals surface area contributed by atoms with Crippen LogP contribution in [0, 0.1) is 12.8 Å². The number of amides is 1. The molecular formula is C18H26N2O5S. The lowest BCUT2D eigenvalue weighted by molar-refractivity contribution is -0.151. The number of sulfonamides is 1. The molecule has 0 saturated carbocycles. The number of rotatable bonds is 6. The monoisotopic (exact) mass is 382 g/mol. The van der Waals surface area contributed by atoms with Gasteiger partial charge in [0.15, 0.2) is 0 Å². The molecule has 2 rings (SSSR count). The maximum absolute atomic E-state index is 12.7. The fourth-order valence-electron chi connectivity index (χ4n) is 3.10. The first-order valence-corrected chi connectivity index (χ1v) is 10.6. The number of piperidine rings is 1. The first kappa shape index (κ1) is 20.2. The van der Waals surface area contributed by atoms with Gasteiger partial charge in [-0.25, -0.2) is 8.42 Å².